The monoisotopic (exact) mass is 449 g/mol. The molecular weight excluding hydrogens is 424 g/mol. The van der Waals surface area contributed by atoms with Crippen LogP contribution >= 0.6 is 0 Å². The Labute approximate surface area is 183 Å². The number of pyridine rings is 1. The Morgan fingerprint density at radius 2 is 2.10 bits per heavy atom. The molecule has 2 aliphatic rings. The van der Waals surface area contributed by atoms with Crippen molar-refractivity contribution >= 4 is 39.0 Å². The van der Waals surface area contributed by atoms with Gasteiger partial charge >= 0.3 is 0 Å². The van der Waals surface area contributed by atoms with E-state index in [1.165, 1.54) is 25.4 Å². The van der Waals surface area contributed by atoms with E-state index in [1.807, 2.05) is 0 Å². The molecule has 31 heavy (non-hydrogen) atoms. The number of hydrogen-bond acceptors (Lipinski definition) is 9. The zero-order valence-corrected chi connectivity index (χ0v) is 17.5. The molecule has 1 atom stereocenters. The number of ether oxygens (including phenoxy) is 1. The Morgan fingerprint density at radius 3 is 2.71 bits per heavy atom. The molecular formula is C19H22N6O5S. The van der Waals surface area contributed by atoms with Gasteiger partial charge in [-0.3, -0.25) is 9.59 Å². The summed E-state index contributed by atoms with van der Waals surface area (Å²) < 4.78 is 51.7. The van der Waals surface area contributed by atoms with E-state index in [2.05, 4.69) is 25.8 Å². The van der Waals surface area contributed by atoms with E-state index in [-0.39, 0.29) is 45.2 Å². The van der Waals surface area contributed by atoms with E-state index in [0.29, 0.717) is 0 Å². The maximum absolute atomic E-state index is 12.6. The van der Waals surface area contributed by atoms with Gasteiger partial charge in [0.25, 0.3) is 5.91 Å². The summed E-state index contributed by atoms with van der Waals surface area (Å²) >= 11 is 0. The second-order valence-electron chi connectivity index (χ2n) is 7.64. The molecule has 4 rings (SSSR count). The molecule has 12 heteroatoms. The standard InChI is InChI=1S/C19H22N6O5S/c1-20-18(27)14-11(22-16-15(31(3,28)29)12(30-2)4-7-21-16)8-13(24-25-14)23-17(26)10-9-19(10)5-6-19/h4,7-8,10H,5-6,9H2,1-3H3,(H,20,27)(H2,21,22,23,24,26)/t10-/m1/s1/i1D3. The van der Waals surface area contributed by atoms with Crippen LogP contribution in [0.25, 0.3) is 0 Å². The number of amides is 2. The summed E-state index contributed by atoms with van der Waals surface area (Å²) in [6.45, 7) is -2.81. The van der Waals surface area contributed by atoms with Crippen molar-refractivity contribution < 1.29 is 26.9 Å². The van der Waals surface area contributed by atoms with Gasteiger partial charge in [-0.2, -0.15) is 0 Å². The molecule has 0 radical (unpaired) electrons. The van der Waals surface area contributed by atoms with E-state index in [1.54, 1.807) is 5.32 Å². The predicted molar refractivity (Wildman–Crippen MR) is 111 cm³/mol. The van der Waals surface area contributed by atoms with Crippen LogP contribution in [0.3, 0.4) is 0 Å². The maximum atomic E-state index is 12.6. The summed E-state index contributed by atoms with van der Waals surface area (Å²) in [5.41, 5.74) is -0.453. The molecule has 164 valence electrons. The maximum Gasteiger partial charge on any atom is 0.273 e. The highest BCUT2D eigenvalue weighted by Gasteiger charge is 2.65. The number of anilines is 3. The Bertz CT molecular complexity index is 1280. The van der Waals surface area contributed by atoms with Crippen molar-refractivity contribution in [1.29, 1.82) is 0 Å². The van der Waals surface area contributed by atoms with Gasteiger partial charge < -0.3 is 20.7 Å². The topological polar surface area (TPSA) is 152 Å². The first-order valence-electron chi connectivity index (χ1n) is 10.8. The summed E-state index contributed by atoms with van der Waals surface area (Å²) in [5.74, 6) is -1.60. The van der Waals surface area contributed by atoms with Crippen molar-refractivity contribution in [3.63, 3.8) is 0 Å². The molecule has 1 spiro atoms. The molecule has 0 aliphatic heterocycles. The largest absolute Gasteiger partial charge is 0.495 e. The van der Waals surface area contributed by atoms with Crippen LogP contribution in [0, 0.1) is 11.3 Å². The van der Waals surface area contributed by atoms with E-state index in [0.717, 1.165) is 25.5 Å². The molecule has 2 fully saturated rings. The molecule has 11 nitrogen and oxygen atoms in total. The van der Waals surface area contributed by atoms with Crippen LogP contribution < -0.4 is 20.7 Å². The zero-order valence-electron chi connectivity index (χ0n) is 19.7. The minimum absolute atomic E-state index is 0.00411. The van der Waals surface area contributed by atoms with Gasteiger partial charge in [0.15, 0.2) is 32.1 Å². The van der Waals surface area contributed by atoms with E-state index in [4.69, 9.17) is 8.85 Å². The normalized spacial score (nSPS) is 20.1. The van der Waals surface area contributed by atoms with Crippen LogP contribution in [-0.4, -0.2) is 55.8 Å². The minimum Gasteiger partial charge on any atom is -0.495 e. The van der Waals surface area contributed by atoms with Crippen molar-refractivity contribution in [3.8, 4) is 5.75 Å². The third-order valence-electron chi connectivity index (χ3n) is 5.48. The molecule has 2 saturated carbocycles. The van der Waals surface area contributed by atoms with Crippen molar-refractivity contribution in [2.75, 3.05) is 31.0 Å². The molecule has 0 unspecified atom stereocenters. The van der Waals surface area contributed by atoms with Crippen LogP contribution in [0.1, 0.15) is 33.9 Å². The number of carbonyl (C=O) groups excluding carboxylic acids is 2. The lowest BCUT2D eigenvalue weighted by Gasteiger charge is -2.15. The average molecular weight is 450 g/mol. The van der Waals surface area contributed by atoms with Gasteiger partial charge in [0, 0.05) is 35.5 Å². The highest BCUT2D eigenvalue weighted by Crippen LogP contribution is 2.70. The molecule has 0 saturated heterocycles. The number of methoxy groups -OCH3 is 1. The third-order valence-corrected chi connectivity index (χ3v) is 6.62. The number of rotatable bonds is 7. The molecule has 0 aromatic carbocycles. The van der Waals surface area contributed by atoms with Gasteiger partial charge in [-0.05, 0) is 30.7 Å². The number of sulfone groups is 1. The lowest BCUT2D eigenvalue weighted by atomic mass is 10.2. The fraction of sp³-hybridized carbons (Fsp3) is 0.421. The fourth-order valence-electron chi connectivity index (χ4n) is 3.59. The Hall–Kier alpha value is -3.28. The Morgan fingerprint density at radius 1 is 1.32 bits per heavy atom. The zero-order chi connectivity index (χ0) is 24.9. The second-order valence-corrected chi connectivity index (χ2v) is 9.60. The molecule has 0 bridgehead atoms. The summed E-state index contributed by atoms with van der Waals surface area (Å²) in [6.07, 6.45) is 5.07. The minimum atomic E-state index is -3.84. The van der Waals surface area contributed by atoms with Gasteiger partial charge in [0.2, 0.25) is 5.91 Å². The molecule has 2 heterocycles. The van der Waals surface area contributed by atoms with Crippen LogP contribution in [0.2, 0.25) is 0 Å². The summed E-state index contributed by atoms with van der Waals surface area (Å²) in [4.78, 5) is 28.8. The molecule has 2 amide bonds. The molecule has 3 N–H and O–H groups in total. The number of carbonyl (C=O) groups is 2. The van der Waals surface area contributed by atoms with Crippen LogP contribution in [0.15, 0.2) is 23.2 Å². The quantitative estimate of drug-likeness (QED) is 0.564. The summed E-state index contributed by atoms with van der Waals surface area (Å²) in [6, 6.07) is 2.61. The number of hydrogen-bond donors (Lipinski definition) is 3. The summed E-state index contributed by atoms with van der Waals surface area (Å²) in [5, 5.41) is 14.8. The van der Waals surface area contributed by atoms with Crippen LogP contribution in [0.5, 0.6) is 5.75 Å². The Balaban J connectivity index is 1.71. The highest BCUT2D eigenvalue weighted by atomic mass is 32.2. The van der Waals surface area contributed by atoms with Crippen molar-refractivity contribution in [3.05, 3.63) is 24.0 Å². The van der Waals surface area contributed by atoms with E-state index >= 15 is 0 Å². The van der Waals surface area contributed by atoms with Crippen LogP contribution in [-0.2, 0) is 14.6 Å². The number of nitrogens with zero attached hydrogens (tertiary/aromatic N) is 3. The SMILES string of the molecule is [2H]C([2H])([2H])NC(=O)c1nnc(NC(=O)[C@H]2CC23CC3)cc1Nc1nccc(OC)c1S(C)(=O)=O. The Kier molecular flexibility index (Phi) is 4.18. The third kappa shape index (κ3) is 4.02. The first-order valence-corrected chi connectivity index (χ1v) is 11.2. The van der Waals surface area contributed by atoms with Crippen molar-refractivity contribution in [2.24, 2.45) is 11.3 Å². The van der Waals surface area contributed by atoms with Crippen molar-refractivity contribution in [2.45, 2.75) is 24.2 Å². The molecule has 2 aromatic rings. The van der Waals surface area contributed by atoms with E-state index in [9.17, 15) is 18.0 Å². The smallest absolute Gasteiger partial charge is 0.273 e. The number of nitrogens with one attached hydrogen (secondary N) is 3. The highest BCUT2D eigenvalue weighted by molar-refractivity contribution is 7.91. The lowest BCUT2D eigenvalue weighted by molar-refractivity contribution is -0.117. The van der Waals surface area contributed by atoms with E-state index < -0.39 is 28.4 Å². The van der Waals surface area contributed by atoms with Gasteiger partial charge in [-0.1, -0.05) is 0 Å². The van der Waals surface area contributed by atoms with Gasteiger partial charge in [-0.25, -0.2) is 13.4 Å². The van der Waals surface area contributed by atoms with Gasteiger partial charge in [-0.15, -0.1) is 10.2 Å². The summed E-state index contributed by atoms with van der Waals surface area (Å²) in [7, 11) is -2.56. The first kappa shape index (κ1) is 17.4. The van der Waals surface area contributed by atoms with Gasteiger partial charge in [0.1, 0.15) is 5.75 Å². The second kappa shape index (κ2) is 7.45. The predicted octanol–water partition coefficient (Wildman–Crippen LogP) is 1.13. The van der Waals surface area contributed by atoms with Crippen molar-refractivity contribution in [1.82, 2.24) is 20.5 Å². The first-order chi connectivity index (χ1) is 15.8. The molecule has 2 aliphatic carbocycles. The van der Waals surface area contributed by atoms with Crippen LogP contribution in [0.4, 0.5) is 17.3 Å². The fourth-order valence-corrected chi connectivity index (χ4v) is 4.56. The average Bonchev–Trinajstić information content (AvgIpc) is 3.64. The van der Waals surface area contributed by atoms with Gasteiger partial charge in [0.05, 0.1) is 12.8 Å². The molecule has 2 aromatic heterocycles. The lowest BCUT2D eigenvalue weighted by Crippen LogP contribution is -2.23. The number of aromatic nitrogens is 3.